The van der Waals surface area contributed by atoms with E-state index in [4.69, 9.17) is 4.74 Å². The largest absolute Gasteiger partial charge is 0.496 e. The first kappa shape index (κ1) is 25.3. The lowest BCUT2D eigenvalue weighted by atomic mass is 9.91. The van der Waals surface area contributed by atoms with Crippen LogP contribution in [0.15, 0.2) is 29.3 Å². The molecule has 1 fully saturated rings. The summed E-state index contributed by atoms with van der Waals surface area (Å²) in [4.78, 5) is 45.6. The fourth-order valence-corrected chi connectivity index (χ4v) is 4.35. The van der Waals surface area contributed by atoms with Crippen molar-refractivity contribution in [2.75, 3.05) is 20.7 Å². The first-order chi connectivity index (χ1) is 16.3. The molecule has 1 aromatic heterocycles. The summed E-state index contributed by atoms with van der Waals surface area (Å²) in [6.45, 7) is 4.69. The molecule has 184 valence electrons. The van der Waals surface area contributed by atoms with Crippen molar-refractivity contribution in [1.29, 1.82) is 0 Å². The van der Waals surface area contributed by atoms with Crippen LogP contribution in [0.4, 0.5) is 0 Å². The lowest BCUT2D eigenvalue weighted by Gasteiger charge is -2.27. The molecule has 0 aliphatic carbocycles. The second kappa shape index (κ2) is 11.7. The fourth-order valence-electron chi connectivity index (χ4n) is 4.35. The van der Waals surface area contributed by atoms with Gasteiger partial charge in [-0.05, 0) is 49.8 Å². The second-order valence-corrected chi connectivity index (χ2v) is 9.15. The number of hydrogen-bond acceptors (Lipinski definition) is 5. The average Bonchev–Trinajstić information content (AvgIpc) is 3.24. The van der Waals surface area contributed by atoms with Gasteiger partial charge in [0.25, 0.3) is 5.91 Å². The normalized spacial score (nSPS) is 18.0. The van der Waals surface area contributed by atoms with Crippen LogP contribution in [0.2, 0.25) is 0 Å². The first-order valence-corrected chi connectivity index (χ1v) is 11.8. The molecule has 1 aliphatic rings. The summed E-state index contributed by atoms with van der Waals surface area (Å²) < 4.78 is 5.37. The van der Waals surface area contributed by atoms with Gasteiger partial charge in [-0.15, -0.1) is 0 Å². The number of ether oxygens (including phenoxy) is 1. The minimum Gasteiger partial charge on any atom is -0.496 e. The number of nitrogens with zero attached hydrogens (tertiary/aromatic N) is 1. The summed E-state index contributed by atoms with van der Waals surface area (Å²) in [6, 6.07) is 6.14. The van der Waals surface area contributed by atoms with Crippen molar-refractivity contribution in [2.24, 2.45) is 16.8 Å². The van der Waals surface area contributed by atoms with Crippen molar-refractivity contribution in [3.8, 4) is 5.75 Å². The van der Waals surface area contributed by atoms with Crippen LogP contribution in [-0.2, 0) is 9.59 Å². The van der Waals surface area contributed by atoms with Crippen LogP contribution < -0.4 is 20.7 Å². The Morgan fingerprint density at radius 2 is 2.09 bits per heavy atom. The van der Waals surface area contributed by atoms with Gasteiger partial charge in [-0.1, -0.05) is 19.9 Å². The lowest BCUT2D eigenvalue weighted by molar-refractivity contribution is -0.128. The van der Waals surface area contributed by atoms with Crippen LogP contribution in [0.3, 0.4) is 0 Å². The molecule has 0 spiro atoms. The standard InChI is InChI=1S/C25H35N5O4/c1-15(2)11-20(24(32)28-17(14-26-3)12-16-7-6-10-27-23(16)31)30-25(33)21-13-18-19(29-21)8-5-9-22(18)34-4/h5,8-9,13-17,20,29H,6-7,10-12H2,1-4H3,(H,27,31)(H,28,32)(H,30,33). The Labute approximate surface area is 200 Å². The molecule has 2 aromatic rings. The van der Waals surface area contributed by atoms with E-state index in [1.807, 2.05) is 32.0 Å². The number of amides is 3. The number of aliphatic imine (C=N–C) groups is 1. The van der Waals surface area contributed by atoms with Crippen LogP contribution in [0.25, 0.3) is 10.9 Å². The average molecular weight is 470 g/mol. The smallest absolute Gasteiger partial charge is 0.268 e. The third kappa shape index (κ3) is 6.36. The number of rotatable bonds is 10. The van der Waals surface area contributed by atoms with Crippen molar-refractivity contribution in [3.05, 3.63) is 30.0 Å². The van der Waals surface area contributed by atoms with E-state index in [0.717, 1.165) is 23.7 Å². The maximum atomic E-state index is 13.2. The van der Waals surface area contributed by atoms with Crippen LogP contribution >= 0.6 is 0 Å². The molecule has 3 amide bonds. The Morgan fingerprint density at radius 3 is 2.76 bits per heavy atom. The minimum absolute atomic E-state index is 0.0104. The number of fused-ring (bicyclic) bond motifs is 1. The number of carbonyl (C=O) groups is 3. The summed E-state index contributed by atoms with van der Waals surface area (Å²) in [5.74, 6) is 0.0232. The Kier molecular flexibility index (Phi) is 8.67. The van der Waals surface area contributed by atoms with Gasteiger partial charge in [0, 0.05) is 36.6 Å². The van der Waals surface area contributed by atoms with Crippen LogP contribution in [-0.4, -0.2) is 61.7 Å². The highest BCUT2D eigenvalue weighted by Crippen LogP contribution is 2.26. The zero-order valence-corrected chi connectivity index (χ0v) is 20.3. The van der Waals surface area contributed by atoms with Gasteiger partial charge in [-0.2, -0.15) is 0 Å². The summed E-state index contributed by atoms with van der Waals surface area (Å²) >= 11 is 0. The van der Waals surface area contributed by atoms with Gasteiger partial charge in [-0.3, -0.25) is 19.4 Å². The summed E-state index contributed by atoms with van der Waals surface area (Å²) in [5.41, 5.74) is 1.13. The molecule has 1 aliphatic heterocycles. The lowest BCUT2D eigenvalue weighted by Crippen LogP contribution is -2.51. The van der Waals surface area contributed by atoms with Gasteiger partial charge in [0.05, 0.1) is 13.2 Å². The SMILES string of the molecule is CN=CC(CC1CCCNC1=O)NC(=O)C(CC(C)C)NC(=O)c1cc2c(OC)cccc2[nH]1. The van der Waals surface area contributed by atoms with Crippen molar-refractivity contribution in [1.82, 2.24) is 20.9 Å². The van der Waals surface area contributed by atoms with E-state index < -0.39 is 12.1 Å². The van der Waals surface area contributed by atoms with Crippen LogP contribution in [0.1, 0.15) is 50.0 Å². The number of aromatic amines is 1. The molecule has 3 atom stereocenters. The van der Waals surface area contributed by atoms with Gasteiger partial charge >= 0.3 is 0 Å². The molecule has 1 saturated heterocycles. The number of benzene rings is 1. The number of aromatic nitrogens is 1. The first-order valence-electron chi connectivity index (χ1n) is 11.8. The maximum Gasteiger partial charge on any atom is 0.268 e. The number of nitrogens with one attached hydrogen (secondary N) is 4. The zero-order chi connectivity index (χ0) is 24.7. The Balaban J connectivity index is 1.72. The van der Waals surface area contributed by atoms with E-state index in [1.165, 1.54) is 0 Å². The van der Waals surface area contributed by atoms with Gasteiger partial charge in [0.15, 0.2) is 0 Å². The third-order valence-corrected chi connectivity index (χ3v) is 6.01. The molecule has 2 heterocycles. The molecule has 0 bridgehead atoms. The summed E-state index contributed by atoms with van der Waals surface area (Å²) in [5, 5.41) is 9.53. The van der Waals surface area contributed by atoms with E-state index in [9.17, 15) is 14.4 Å². The van der Waals surface area contributed by atoms with Crippen molar-refractivity contribution in [3.63, 3.8) is 0 Å². The molecular formula is C25H35N5O4. The molecule has 4 N–H and O–H groups in total. The predicted molar refractivity (Wildman–Crippen MR) is 132 cm³/mol. The number of piperidine rings is 1. The molecule has 9 heteroatoms. The van der Waals surface area contributed by atoms with Gasteiger partial charge in [0.1, 0.15) is 17.5 Å². The van der Waals surface area contributed by atoms with Crippen molar-refractivity contribution >= 4 is 34.8 Å². The quantitative estimate of drug-likeness (QED) is 0.399. The Hall–Kier alpha value is -3.36. The monoisotopic (exact) mass is 469 g/mol. The number of carbonyl (C=O) groups excluding carboxylic acids is 3. The van der Waals surface area contributed by atoms with E-state index in [0.29, 0.717) is 30.8 Å². The Bertz CT molecular complexity index is 1050. The van der Waals surface area contributed by atoms with Gasteiger partial charge in [0.2, 0.25) is 11.8 Å². The van der Waals surface area contributed by atoms with Crippen LogP contribution in [0, 0.1) is 11.8 Å². The van der Waals surface area contributed by atoms with Crippen LogP contribution in [0.5, 0.6) is 5.75 Å². The molecule has 34 heavy (non-hydrogen) atoms. The fraction of sp³-hybridized carbons (Fsp3) is 0.520. The molecule has 9 nitrogen and oxygen atoms in total. The van der Waals surface area contributed by atoms with E-state index in [2.05, 4.69) is 25.9 Å². The van der Waals surface area contributed by atoms with Crippen molar-refractivity contribution in [2.45, 2.75) is 51.6 Å². The molecule has 3 unspecified atom stereocenters. The van der Waals surface area contributed by atoms with E-state index in [-0.39, 0.29) is 29.6 Å². The summed E-state index contributed by atoms with van der Waals surface area (Å²) in [6.07, 6.45) is 4.30. The highest BCUT2D eigenvalue weighted by atomic mass is 16.5. The highest BCUT2D eigenvalue weighted by molar-refractivity contribution is 6.01. The van der Waals surface area contributed by atoms with E-state index in [1.54, 1.807) is 26.4 Å². The van der Waals surface area contributed by atoms with Gasteiger partial charge < -0.3 is 25.7 Å². The highest BCUT2D eigenvalue weighted by Gasteiger charge is 2.29. The topological polar surface area (TPSA) is 125 Å². The molecule has 0 radical (unpaired) electrons. The minimum atomic E-state index is -0.728. The summed E-state index contributed by atoms with van der Waals surface area (Å²) in [7, 11) is 3.22. The van der Waals surface area contributed by atoms with E-state index >= 15 is 0 Å². The predicted octanol–water partition coefficient (Wildman–Crippen LogP) is 2.42. The zero-order valence-electron chi connectivity index (χ0n) is 20.3. The molecule has 1 aromatic carbocycles. The molecule has 3 rings (SSSR count). The van der Waals surface area contributed by atoms with Gasteiger partial charge in [-0.25, -0.2) is 0 Å². The molecule has 0 saturated carbocycles. The maximum absolute atomic E-state index is 13.2. The third-order valence-electron chi connectivity index (χ3n) is 6.01. The Morgan fingerprint density at radius 1 is 1.29 bits per heavy atom. The van der Waals surface area contributed by atoms with Crippen molar-refractivity contribution < 1.29 is 19.1 Å². The second-order valence-electron chi connectivity index (χ2n) is 9.15. The molecular weight excluding hydrogens is 434 g/mol. The number of methoxy groups -OCH3 is 1. The number of H-pyrrole nitrogens is 1. The number of hydrogen-bond donors (Lipinski definition) is 4.